The smallest absolute Gasteiger partial charge is 0.262 e. The largest absolute Gasteiger partial charge is 0.264 e. The summed E-state index contributed by atoms with van der Waals surface area (Å²) < 4.78 is 31.0. The molecule has 0 saturated carbocycles. The van der Waals surface area contributed by atoms with Crippen LogP contribution >= 0.6 is 15.9 Å². The van der Waals surface area contributed by atoms with Crippen LogP contribution in [0.15, 0.2) is 22.7 Å². The number of aromatic nitrogens is 3. The van der Waals surface area contributed by atoms with Gasteiger partial charge < -0.3 is 0 Å². The van der Waals surface area contributed by atoms with Crippen molar-refractivity contribution in [3.05, 3.63) is 33.9 Å². The van der Waals surface area contributed by atoms with Crippen LogP contribution in [0.25, 0.3) is 11.3 Å². The predicted octanol–water partition coefficient (Wildman–Crippen LogP) is 2.44. The maximum absolute atomic E-state index is 11.5. The molecule has 1 aromatic heterocycles. The van der Waals surface area contributed by atoms with E-state index in [1.165, 1.54) is 0 Å². The summed E-state index contributed by atoms with van der Waals surface area (Å²) in [5.41, 5.74) is 3.47. The van der Waals surface area contributed by atoms with Gasteiger partial charge in [-0.2, -0.15) is 8.42 Å². The molecule has 0 spiro atoms. The Morgan fingerprint density at radius 3 is 2.90 bits per heavy atom. The number of aryl methyl sites for hydroxylation is 2. The lowest BCUT2D eigenvalue weighted by Gasteiger charge is -2.17. The molecule has 0 aliphatic carbocycles. The van der Waals surface area contributed by atoms with Gasteiger partial charge in [0.1, 0.15) is 6.10 Å². The van der Waals surface area contributed by atoms with Crippen LogP contribution in [0.1, 0.15) is 23.8 Å². The van der Waals surface area contributed by atoms with Gasteiger partial charge in [0.15, 0.2) is 0 Å². The fourth-order valence-electron chi connectivity index (χ4n) is 2.61. The summed E-state index contributed by atoms with van der Waals surface area (Å²) in [6.07, 6.45) is 1.07. The number of hydrogen-bond donors (Lipinski definition) is 0. The van der Waals surface area contributed by atoms with Crippen LogP contribution < -0.4 is 0 Å². The number of halogens is 1. The minimum Gasteiger partial charge on any atom is -0.262 e. The molecule has 0 saturated heterocycles. The van der Waals surface area contributed by atoms with Gasteiger partial charge in [0, 0.05) is 16.6 Å². The number of hydrogen-bond acceptors (Lipinski definition) is 5. The standard InChI is InChI=1S/C13H14BrN3O3S/c1-8-13-10-4-3-9(14)7-11(10)12(20-21(2,18)19)5-6-17(13)16-15-8/h3-4,7,12H,5-6H2,1-2H3. The Balaban J connectivity index is 2.19. The Bertz CT molecular complexity index is 801. The molecule has 1 unspecified atom stereocenters. The quantitative estimate of drug-likeness (QED) is 0.757. The van der Waals surface area contributed by atoms with Crippen LogP contribution in [0.3, 0.4) is 0 Å². The van der Waals surface area contributed by atoms with Crippen molar-refractivity contribution in [3.63, 3.8) is 0 Å². The van der Waals surface area contributed by atoms with Crippen LogP contribution in [0, 0.1) is 6.92 Å². The maximum atomic E-state index is 11.5. The molecule has 1 aliphatic rings. The fraction of sp³-hybridized carbons (Fsp3) is 0.385. The number of benzene rings is 1. The van der Waals surface area contributed by atoms with Crippen LogP contribution in [0.5, 0.6) is 0 Å². The van der Waals surface area contributed by atoms with Crippen molar-refractivity contribution in [2.24, 2.45) is 0 Å². The summed E-state index contributed by atoms with van der Waals surface area (Å²) in [6, 6.07) is 5.75. The first-order chi connectivity index (χ1) is 9.85. The summed E-state index contributed by atoms with van der Waals surface area (Å²) in [6.45, 7) is 2.45. The predicted molar refractivity (Wildman–Crippen MR) is 81.2 cm³/mol. The summed E-state index contributed by atoms with van der Waals surface area (Å²) in [4.78, 5) is 0. The first-order valence-electron chi connectivity index (χ1n) is 6.43. The van der Waals surface area contributed by atoms with Gasteiger partial charge in [-0.05, 0) is 31.0 Å². The van der Waals surface area contributed by atoms with Crippen LogP contribution in [-0.2, 0) is 20.8 Å². The minimum absolute atomic E-state index is 0.520. The molecule has 8 heteroatoms. The Labute approximate surface area is 131 Å². The summed E-state index contributed by atoms with van der Waals surface area (Å²) in [5, 5.41) is 8.22. The van der Waals surface area contributed by atoms with Gasteiger partial charge in [0.25, 0.3) is 10.1 Å². The SMILES string of the molecule is Cc1nnn2c1-c1ccc(Br)cc1C(OS(C)(=O)=O)CC2. The van der Waals surface area contributed by atoms with E-state index < -0.39 is 16.2 Å². The lowest BCUT2D eigenvalue weighted by Crippen LogP contribution is -2.12. The minimum atomic E-state index is -3.54. The summed E-state index contributed by atoms with van der Waals surface area (Å²) >= 11 is 3.43. The molecular weight excluding hydrogens is 358 g/mol. The maximum Gasteiger partial charge on any atom is 0.264 e. The molecule has 0 bridgehead atoms. The van der Waals surface area contributed by atoms with Crippen molar-refractivity contribution in [2.45, 2.75) is 26.0 Å². The van der Waals surface area contributed by atoms with Crippen molar-refractivity contribution in [1.82, 2.24) is 15.0 Å². The highest BCUT2D eigenvalue weighted by molar-refractivity contribution is 9.10. The van der Waals surface area contributed by atoms with Crippen molar-refractivity contribution >= 4 is 26.0 Å². The molecule has 112 valence electrons. The van der Waals surface area contributed by atoms with Gasteiger partial charge in [0.2, 0.25) is 0 Å². The second-order valence-corrected chi connectivity index (χ2v) is 7.57. The third-order valence-corrected chi connectivity index (χ3v) is 4.49. The molecule has 21 heavy (non-hydrogen) atoms. The van der Waals surface area contributed by atoms with Crippen molar-refractivity contribution in [2.75, 3.05) is 6.26 Å². The highest BCUT2D eigenvalue weighted by atomic mass is 79.9. The third kappa shape index (κ3) is 2.88. The Morgan fingerprint density at radius 2 is 2.19 bits per heavy atom. The highest BCUT2D eigenvalue weighted by Crippen LogP contribution is 2.38. The van der Waals surface area contributed by atoms with E-state index in [9.17, 15) is 8.42 Å². The molecule has 0 N–H and O–H groups in total. The van der Waals surface area contributed by atoms with Gasteiger partial charge in [-0.15, -0.1) is 5.10 Å². The zero-order valence-corrected chi connectivity index (χ0v) is 14.0. The summed E-state index contributed by atoms with van der Waals surface area (Å²) in [7, 11) is -3.54. The summed E-state index contributed by atoms with van der Waals surface area (Å²) in [5.74, 6) is 0. The third-order valence-electron chi connectivity index (χ3n) is 3.41. The second kappa shape index (κ2) is 5.19. The van der Waals surface area contributed by atoms with Crippen molar-refractivity contribution in [1.29, 1.82) is 0 Å². The van der Waals surface area contributed by atoms with E-state index in [1.54, 1.807) is 4.68 Å². The van der Waals surface area contributed by atoms with E-state index in [0.29, 0.717) is 13.0 Å². The zero-order valence-electron chi connectivity index (χ0n) is 11.6. The number of fused-ring (bicyclic) bond motifs is 3. The highest BCUT2D eigenvalue weighted by Gasteiger charge is 2.28. The van der Waals surface area contributed by atoms with E-state index in [1.807, 2.05) is 25.1 Å². The first kappa shape index (κ1) is 14.7. The molecule has 1 aliphatic heterocycles. The van der Waals surface area contributed by atoms with E-state index in [0.717, 1.165) is 33.2 Å². The van der Waals surface area contributed by atoms with Gasteiger partial charge >= 0.3 is 0 Å². The van der Waals surface area contributed by atoms with E-state index >= 15 is 0 Å². The Hall–Kier alpha value is -1.25. The molecule has 2 aromatic rings. The average Bonchev–Trinajstić information content (AvgIpc) is 2.67. The zero-order chi connectivity index (χ0) is 15.2. The lowest BCUT2D eigenvalue weighted by molar-refractivity contribution is 0.198. The van der Waals surface area contributed by atoms with Gasteiger partial charge in [-0.25, -0.2) is 4.68 Å². The molecule has 1 aromatic carbocycles. The molecule has 6 nitrogen and oxygen atoms in total. The Morgan fingerprint density at radius 1 is 1.43 bits per heavy atom. The average molecular weight is 372 g/mol. The van der Waals surface area contributed by atoms with Gasteiger partial charge in [-0.1, -0.05) is 27.2 Å². The fourth-order valence-corrected chi connectivity index (χ4v) is 3.61. The monoisotopic (exact) mass is 371 g/mol. The van der Waals surface area contributed by atoms with Crippen molar-refractivity contribution < 1.29 is 12.6 Å². The molecule has 2 heterocycles. The molecule has 3 rings (SSSR count). The molecular formula is C13H14BrN3O3S. The number of rotatable bonds is 2. The van der Waals surface area contributed by atoms with Crippen LogP contribution in [0.2, 0.25) is 0 Å². The Kier molecular flexibility index (Phi) is 3.62. The van der Waals surface area contributed by atoms with E-state index in [4.69, 9.17) is 4.18 Å². The van der Waals surface area contributed by atoms with Gasteiger partial charge in [-0.3, -0.25) is 4.18 Å². The normalized spacial score (nSPS) is 18.0. The molecule has 1 atom stereocenters. The van der Waals surface area contributed by atoms with Crippen LogP contribution in [0.4, 0.5) is 0 Å². The first-order valence-corrected chi connectivity index (χ1v) is 9.04. The molecule has 0 fully saturated rings. The topological polar surface area (TPSA) is 74.1 Å². The van der Waals surface area contributed by atoms with Crippen LogP contribution in [-0.4, -0.2) is 29.7 Å². The van der Waals surface area contributed by atoms with Gasteiger partial charge in [0.05, 0.1) is 17.6 Å². The molecule has 0 amide bonds. The van der Waals surface area contributed by atoms with Crippen molar-refractivity contribution in [3.8, 4) is 11.3 Å². The van der Waals surface area contributed by atoms with E-state index in [2.05, 4.69) is 26.2 Å². The number of nitrogens with zero attached hydrogens (tertiary/aromatic N) is 3. The molecule has 0 radical (unpaired) electrons. The second-order valence-electron chi connectivity index (χ2n) is 5.06. The van der Waals surface area contributed by atoms with E-state index in [-0.39, 0.29) is 0 Å². The lowest BCUT2D eigenvalue weighted by atomic mass is 9.99.